The van der Waals surface area contributed by atoms with Crippen molar-refractivity contribution in [2.24, 2.45) is 0 Å². The number of benzene rings is 1. The molecule has 0 aliphatic carbocycles. The highest BCUT2D eigenvalue weighted by Gasteiger charge is 2.36. The number of ether oxygens (including phenoxy) is 2. The van der Waals surface area contributed by atoms with Crippen LogP contribution < -0.4 is 4.74 Å². The number of ketones is 1. The highest BCUT2D eigenvalue weighted by molar-refractivity contribution is 5.99. The van der Waals surface area contributed by atoms with E-state index < -0.39 is 5.82 Å². The number of halogens is 1. The lowest BCUT2D eigenvalue weighted by molar-refractivity contribution is -0.0215. The lowest BCUT2D eigenvalue weighted by Gasteiger charge is -2.29. The second-order valence-electron chi connectivity index (χ2n) is 4.99. The summed E-state index contributed by atoms with van der Waals surface area (Å²) in [6.45, 7) is 2.02. The number of fused-ring (bicyclic) bond motifs is 1. The summed E-state index contributed by atoms with van der Waals surface area (Å²) in [5, 5.41) is 0. The predicted molar refractivity (Wildman–Crippen MR) is 63.3 cm³/mol. The molecule has 3 rings (SSSR count). The van der Waals surface area contributed by atoms with Crippen LogP contribution in [0.25, 0.3) is 0 Å². The van der Waals surface area contributed by atoms with Crippen LogP contribution in [0.4, 0.5) is 4.39 Å². The summed E-state index contributed by atoms with van der Waals surface area (Å²) in [4.78, 5) is 12.0. The Morgan fingerprint density at radius 2 is 2.11 bits per heavy atom. The van der Waals surface area contributed by atoms with Gasteiger partial charge in [-0.3, -0.25) is 4.79 Å². The van der Waals surface area contributed by atoms with Gasteiger partial charge in [-0.25, -0.2) is 4.39 Å². The van der Waals surface area contributed by atoms with Crippen LogP contribution in [0.2, 0.25) is 0 Å². The third kappa shape index (κ3) is 2.01. The van der Waals surface area contributed by atoms with Crippen molar-refractivity contribution in [1.29, 1.82) is 0 Å². The van der Waals surface area contributed by atoms with Crippen LogP contribution >= 0.6 is 0 Å². The highest BCUT2D eigenvalue weighted by atomic mass is 19.1. The first kappa shape index (κ1) is 11.7. The van der Waals surface area contributed by atoms with E-state index in [0.29, 0.717) is 11.3 Å². The van der Waals surface area contributed by atoms with E-state index in [2.05, 4.69) is 0 Å². The van der Waals surface area contributed by atoms with Gasteiger partial charge in [0.25, 0.3) is 0 Å². The molecule has 4 heteroatoms. The van der Waals surface area contributed by atoms with Crippen LogP contribution in [0, 0.1) is 5.82 Å². The van der Waals surface area contributed by atoms with Crippen molar-refractivity contribution in [3.05, 3.63) is 29.6 Å². The SMILES string of the molecule is CC1CCC(C2CC(=O)c3cc(F)ccc3O2)O1. The number of hydrogen-bond donors (Lipinski definition) is 0. The number of carbonyl (C=O) groups excluding carboxylic acids is 1. The van der Waals surface area contributed by atoms with Gasteiger partial charge in [0.05, 0.1) is 24.2 Å². The molecule has 1 aromatic rings. The monoisotopic (exact) mass is 250 g/mol. The number of hydrogen-bond acceptors (Lipinski definition) is 3. The van der Waals surface area contributed by atoms with Gasteiger partial charge in [-0.05, 0) is 38.0 Å². The molecule has 96 valence electrons. The molecule has 3 atom stereocenters. The fourth-order valence-corrected chi connectivity index (χ4v) is 2.63. The molecule has 2 heterocycles. The maximum Gasteiger partial charge on any atom is 0.170 e. The third-order valence-corrected chi connectivity index (χ3v) is 3.59. The zero-order chi connectivity index (χ0) is 12.7. The highest BCUT2D eigenvalue weighted by Crippen LogP contribution is 2.33. The van der Waals surface area contributed by atoms with Gasteiger partial charge in [0.15, 0.2) is 5.78 Å². The van der Waals surface area contributed by atoms with Crippen molar-refractivity contribution in [2.45, 2.75) is 44.5 Å². The average Bonchev–Trinajstić information content (AvgIpc) is 2.77. The van der Waals surface area contributed by atoms with Crippen molar-refractivity contribution < 1.29 is 18.7 Å². The first-order valence-corrected chi connectivity index (χ1v) is 6.28. The molecule has 2 aliphatic heterocycles. The molecule has 0 aromatic heterocycles. The van der Waals surface area contributed by atoms with Gasteiger partial charge in [-0.15, -0.1) is 0 Å². The summed E-state index contributed by atoms with van der Waals surface area (Å²) in [6.07, 6.45) is 2.14. The molecule has 0 bridgehead atoms. The lowest BCUT2D eigenvalue weighted by atomic mass is 9.96. The molecule has 1 saturated heterocycles. The molecular formula is C14H15FO3. The Labute approximate surface area is 105 Å². The van der Waals surface area contributed by atoms with Crippen LogP contribution in [0.1, 0.15) is 36.5 Å². The van der Waals surface area contributed by atoms with Crippen molar-refractivity contribution in [2.75, 3.05) is 0 Å². The summed E-state index contributed by atoms with van der Waals surface area (Å²) >= 11 is 0. The van der Waals surface area contributed by atoms with Gasteiger partial charge in [0, 0.05) is 0 Å². The fourth-order valence-electron chi connectivity index (χ4n) is 2.63. The van der Waals surface area contributed by atoms with Crippen LogP contribution in [0.5, 0.6) is 5.75 Å². The van der Waals surface area contributed by atoms with E-state index in [0.717, 1.165) is 12.8 Å². The van der Waals surface area contributed by atoms with Crippen molar-refractivity contribution in [1.82, 2.24) is 0 Å². The molecule has 0 saturated carbocycles. The summed E-state index contributed by atoms with van der Waals surface area (Å²) in [7, 11) is 0. The van der Waals surface area contributed by atoms with Gasteiger partial charge in [-0.1, -0.05) is 0 Å². The van der Waals surface area contributed by atoms with Crippen molar-refractivity contribution >= 4 is 5.78 Å². The fraction of sp³-hybridized carbons (Fsp3) is 0.500. The van der Waals surface area contributed by atoms with Gasteiger partial charge in [0.2, 0.25) is 0 Å². The summed E-state index contributed by atoms with van der Waals surface area (Å²) in [5.41, 5.74) is 0.345. The standard InChI is InChI=1S/C14H15FO3/c1-8-2-4-13(17-8)14-7-11(16)10-6-9(15)3-5-12(10)18-14/h3,5-6,8,13-14H,2,4,7H2,1H3. The maximum absolute atomic E-state index is 13.1. The normalized spacial score (nSPS) is 31.0. The first-order valence-electron chi connectivity index (χ1n) is 6.28. The lowest BCUT2D eigenvalue weighted by Crippen LogP contribution is -2.37. The Bertz CT molecular complexity index is 486. The van der Waals surface area contributed by atoms with E-state index in [1.165, 1.54) is 18.2 Å². The number of Topliss-reactive ketones (excluding diaryl/α,β-unsaturated/α-hetero) is 1. The van der Waals surface area contributed by atoms with Gasteiger partial charge >= 0.3 is 0 Å². The average molecular weight is 250 g/mol. The summed E-state index contributed by atoms with van der Waals surface area (Å²) in [5.74, 6) is -0.000375. The number of carbonyl (C=O) groups is 1. The molecule has 3 nitrogen and oxygen atoms in total. The van der Waals surface area contributed by atoms with Crippen LogP contribution in [0.15, 0.2) is 18.2 Å². The molecule has 0 N–H and O–H groups in total. The molecule has 0 spiro atoms. The Hall–Kier alpha value is -1.42. The molecule has 3 unspecified atom stereocenters. The zero-order valence-electron chi connectivity index (χ0n) is 10.2. The summed E-state index contributed by atoms with van der Waals surface area (Å²) < 4.78 is 24.6. The largest absolute Gasteiger partial charge is 0.486 e. The van der Waals surface area contributed by atoms with Crippen LogP contribution in [-0.2, 0) is 4.74 Å². The molecule has 2 aliphatic rings. The topological polar surface area (TPSA) is 35.5 Å². The molecule has 0 amide bonds. The number of rotatable bonds is 1. The Kier molecular flexibility index (Phi) is 2.82. The Balaban J connectivity index is 1.83. The van der Waals surface area contributed by atoms with E-state index in [1.807, 2.05) is 6.92 Å². The van der Waals surface area contributed by atoms with Gasteiger partial charge < -0.3 is 9.47 Å². The molecule has 1 fully saturated rings. The molecule has 18 heavy (non-hydrogen) atoms. The van der Waals surface area contributed by atoms with Crippen molar-refractivity contribution in [3.63, 3.8) is 0 Å². The second kappa shape index (κ2) is 4.35. The Morgan fingerprint density at radius 3 is 2.83 bits per heavy atom. The van der Waals surface area contributed by atoms with E-state index in [-0.39, 0.29) is 30.5 Å². The second-order valence-corrected chi connectivity index (χ2v) is 4.99. The first-order chi connectivity index (χ1) is 8.63. The zero-order valence-corrected chi connectivity index (χ0v) is 10.2. The van der Waals surface area contributed by atoms with Crippen LogP contribution in [-0.4, -0.2) is 24.1 Å². The minimum absolute atomic E-state index is 0.0258. The smallest absolute Gasteiger partial charge is 0.170 e. The minimum atomic E-state index is -0.408. The molecular weight excluding hydrogens is 235 g/mol. The van der Waals surface area contributed by atoms with Gasteiger partial charge in [-0.2, -0.15) is 0 Å². The van der Waals surface area contributed by atoms with E-state index in [4.69, 9.17) is 9.47 Å². The van der Waals surface area contributed by atoms with E-state index in [1.54, 1.807) is 0 Å². The van der Waals surface area contributed by atoms with E-state index >= 15 is 0 Å². The summed E-state index contributed by atoms with van der Waals surface area (Å²) in [6, 6.07) is 4.08. The minimum Gasteiger partial charge on any atom is -0.486 e. The Morgan fingerprint density at radius 1 is 1.28 bits per heavy atom. The molecule has 1 aromatic carbocycles. The third-order valence-electron chi connectivity index (χ3n) is 3.59. The van der Waals surface area contributed by atoms with Crippen molar-refractivity contribution in [3.8, 4) is 5.75 Å². The van der Waals surface area contributed by atoms with Gasteiger partial charge in [0.1, 0.15) is 17.7 Å². The predicted octanol–water partition coefficient (Wildman–Crippen LogP) is 2.73. The maximum atomic E-state index is 13.1. The molecule has 0 radical (unpaired) electrons. The van der Waals surface area contributed by atoms with E-state index in [9.17, 15) is 9.18 Å². The quantitative estimate of drug-likeness (QED) is 0.768. The van der Waals surface area contributed by atoms with Crippen LogP contribution in [0.3, 0.4) is 0 Å².